The number of nitrogens with one attached hydrogen (secondary N) is 1. The zero-order chi connectivity index (χ0) is 21.1. The van der Waals surface area contributed by atoms with Crippen LogP contribution in [-0.4, -0.2) is 46.7 Å². The van der Waals surface area contributed by atoms with E-state index >= 15 is 0 Å². The van der Waals surface area contributed by atoms with E-state index in [4.69, 9.17) is 13.7 Å². The van der Waals surface area contributed by atoms with Gasteiger partial charge in [0.05, 0.1) is 42.4 Å². The Bertz CT molecular complexity index is 945. The fourth-order valence-corrected chi connectivity index (χ4v) is 3.76. The molecule has 0 bridgehead atoms. The molecule has 1 aliphatic heterocycles. The van der Waals surface area contributed by atoms with Crippen LogP contribution in [0, 0.1) is 6.92 Å². The molecule has 8 nitrogen and oxygen atoms in total. The minimum absolute atomic E-state index is 0.00335. The van der Waals surface area contributed by atoms with Crippen molar-refractivity contribution in [2.75, 3.05) is 20.8 Å². The standard InChI is InChI=1S/C19H23NO7S/c1-12-6-8-14(9-7-12)28(23,24)27-11-19(3)16(18(22)26-5)10-15(13(2)20-19)17(21)25-4/h6-10,20H,11H2,1-5H3. The van der Waals surface area contributed by atoms with Crippen molar-refractivity contribution in [2.45, 2.75) is 31.2 Å². The highest BCUT2D eigenvalue weighted by Crippen LogP contribution is 2.29. The van der Waals surface area contributed by atoms with Crippen molar-refractivity contribution < 1.29 is 31.7 Å². The minimum Gasteiger partial charge on any atom is -0.466 e. The van der Waals surface area contributed by atoms with Crippen molar-refractivity contribution in [3.05, 3.63) is 52.7 Å². The fraction of sp³-hybridized carbons (Fsp3) is 0.368. The van der Waals surface area contributed by atoms with Crippen molar-refractivity contribution in [3.63, 3.8) is 0 Å². The van der Waals surface area contributed by atoms with Crippen molar-refractivity contribution in [1.29, 1.82) is 0 Å². The largest absolute Gasteiger partial charge is 0.466 e. The highest BCUT2D eigenvalue weighted by molar-refractivity contribution is 7.86. The lowest BCUT2D eigenvalue weighted by Gasteiger charge is -2.36. The topological polar surface area (TPSA) is 108 Å². The predicted molar refractivity (Wildman–Crippen MR) is 101 cm³/mol. The van der Waals surface area contributed by atoms with Gasteiger partial charge in [0.15, 0.2) is 0 Å². The smallest absolute Gasteiger partial charge is 0.339 e. The van der Waals surface area contributed by atoms with Gasteiger partial charge in [-0.15, -0.1) is 0 Å². The Morgan fingerprint density at radius 1 is 1.04 bits per heavy atom. The second kappa shape index (κ2) is 8.15. The van der Waals surface area contributed by atoms with Crippen LogP contribution in [0.5, 0.6) is 0 Å². The monoisotopic (exact) mass is 409 g/mol. The average molecular weight is 409 g/mol. The maximum Gasteiger partial charge on any atom is 0.339 e. The summed E-state index contributed by atoms with van der Waals surface area (Å²) < 4.78 is 39.7. The molecule has 1 heterocycles. The molecule has 2 rings (SSSR count). The number of hydrogen-bond donors (Lipinski definition) is 1. The molecule has 1 N–H and O–H groups in total. The molecule has 28 heavy (non-hydrogen) atoms. The first-order valence-electron chi connectivity index (χ1n) is 8.38. The molecule has 0 radical (unpaired) electrons. The van der Waals surface area contributed by atoms with E-state index in [0.29, 0.717) is 5.70 Å². The number of ether oxygens (including phenoxy) is 2. The van der Waals surface area contributed by atoms with Gasteiger partial charge in [0.25, 0.3) is 10.1 Å². The van der Waals surface area contributed by atoms with Gasteiger partial charge in [0.1, 0.15) is 0 Å². The Kier molecular flexibility index (Phi) is 6.30. The molecule has 0 aliphatic carbocycles. The van der Waals surface area contributed by atoms with Gasteiger partial charge in [-0.3, -0.25) is 4.18 Å². The van der Waals surface area contributed by atoms with Gasteiger partial charge in [-0.1, -0.05) is 17.7 Å². The highest BCUT2D eigenvalue weighted by Gasteiger charge is 2.40. The van der Waals surface area contributed by atoms with E-state index in [1.54, 1.807) is 26.0 Å². The summed E-state index contributed by atoms with van der Waals surface area (Å²) >= 11 is 0. The summed E-state index contributed by atoms with van der Waals surface area (Å²) in [6.07, 6.45) is 1.32. The van der Waals surface area contributed by atoms with E-state index in [0.717, 1.165) is 5.56 Å². The summed E-state index contributed by atoms with van der Waals surface area (Å²) in [6, 6.07) is 6.20. The molecule has 1 unspecified atom stereocenters. The number of carbonyl (C=O) groups is 2. The third-order valence-electron chi connectivity index (χ3n) is 4.37. The number of aryl methyl sites for hydroxylation is 1. The molecule has 1 aliphatic rings. The molecule has 1 aromatic carbocycles. The maximum atomic E-state index is 12.5. The SMILES string of the molecule is COC(=O)C1=CC(C(=O)OC)=C(C)NC1(C)COS(=O)(=O)c1ccc(C)cc1. The van der Waals surface area contributed by atoms with E-state index in [-0.39, 0.29) is 16.0 Å². The number of benzene rings is 1. The zero-order valence-corrected chi connectivity index (χ0v) is 17.2. The lowest BCUT2D eigenvalue weighted by atomic mass is 9.86. The van der Waals surface area contributed by atoms with E-state index in [2.05, 4.69) is 5.32 Å². The number of carbonyl (C=O) groups excluding carboxylic acids is 2. The molecule has 0 spiro atoms. The molecule has 0 aromatic heterocycles. The molecule has 0 saturated carbocycles. The second-order valence-electron chi connectivity index (χ2n) is 6.57. The first-order valence-corrected chi connectivity index (χ1v) is 9.79. The first kappa shape index (κ1) is 21.6. The Labute approximate surface area is 164 Å². The van der Waals surface area contributed by atoms with E-state index in [9.17, 15) is 18.0 Å². The van der Waals surface area contributed by atoms with Crippen LogP contribution in [0.4, 0.5) is 0 Å². The van der Waals surface area contributed by atoms with E-state index in [1.165, 1.54) is 32.4 Å². The zero-order valence-electron chi connectivity index (χ0n) is 16.4. The summed E-state index contributed by atoms with van der Waals surface area (Å²) in [5.41, 5.74) is 0.263. The summed E-state index contributed by atoms with van der Waals surface area (Å²) in [7, 11) is -1.64. The van der Waals surface area contributed by atoms with Crippen molar-refractivity contribution in [2.24, 2.45) is 0 Å². The fourth-order valence-electron chi connectivity index (χ4n) is 2.76. The lowest BCUT2D eigenvalue weighted by Crippen LogP contribution is -2.52. The predicted octanol–water partition coefficient (Wildman–Crippen LogP) is 1.61. The number of hydrogen-bond acceptors (Lipinski definition) is 8. The molecular weight excluding hydrogens is 386 g/mol. The molecule has 152 valence electrons. The van der Waals surface area contributed by atoms with Crippen molar-refractivity contribution in [3.8, 4) is 0 Å². The van der Waals surface area contributed by atoms with Crippen LogP contribution in [0.2, 0.25) is 0 Å². The van der Waals surface area contributed by atoms with Crippen LogP contribution in [0.15, 0.2) is 52.1 Å². The molecule has 1 atom stereocenters. The van der Waals surface area contributed by atoms with Crippen LogP contribution < -0.4 is 5.32 Å². The van der Waals surface area contributed by atoms with E-state index in [1.807, 2.05) is 6.92 Å². The Morgan fingerprint density at radius 3 is 2.14 bits per heavy atom. The Hall–Kier alpha value is -2.65. The number of esters is 2. The first-order chi connectivity index (χ1) is 13.0. The Morgan fingerprint density at radius 2 is 1.61 bits per heavy atom. The van der Waals surface area contributed by atoms with Gasteiger partial charge in [-0.25, -0.2) is 9.59 Å². The molecule has 1 aromatic rings. The number of methoxy groups -OCH3 is 2. The summed E-state index contributed by atoms with van der Waals surface area (Å²) in [6.45, 7) is 4.64. The van der Waals surface area contributed by atoms with Crippen LogP contribution in [0.3, 0.4) is 0 Å². The molecule has 0 saturated heterocycles. The van der Waals surface area contributed by atoms with E-state index < -0.39 is 34.2 Å². The van der Waals surface area contributed by atoms with Crippen LogP contribution in [0.25, 0.3) is 0 Å². The quantitative estimate of drug-likeness (QED) is 0.558. The third-order valence-corrected chi connectivity index (χ3v) is 5.65. The summed E-state index contributed by atoms with van der Waals surface area (Å²) in [5.74, 6) is -1.36. The number of allylic oxidation sites excluding steroid dienone is 1. The van der Waals surface area contributed by atoms with Gasteiger partial charge < -0.3 is 14.8 Å². The van der Waals surface area contributed by atoms with Gasteiger partial charge in [0, 0.05) is 5.70 Å². The highest BCUT2D eigenvalue weighted by atomic mass is 32.2. The summed E-state index contributed by atoms with van der Waals surface area (Å²) in [4.78, 5) is 24.2. The second-order valence-corrected chi connectivity index (χ2v) is 8.18. The van der Waals surface area contributed by atoms with Gasteiger partial charge in [-0.05, 0) is 39.0 Å². The third kappa shape index (κ3) is 4.42. The van der Waals surface area contributed by atoms with Crippen LogP contribution >= 0.6 is 0 Å². The lowest BCUT2D eigenvalue weighted by molar-refractivity contribution is -0.137. The molecule has 0 fully saturated rings. The maximum absolute atomic E-state index is 12.5. The van der Waals surface area contributed by atoms with Crippen LogP contribution in [0.1, 0.15) is 19.4 Å². The van der Waals surface area contributed by atoms with Crippen molar-refractivity contribution >= 4 is 22.1 Å². The van der Waals surface area contributed by atoms with Gasteiger partial charge in [0.2, 0.25) is 0 Å². The molecular formula is C19H23NO7S. The molecule has 9 heteroatoms. The normalized spacial score (nSPS) is 19.5. The molecule has 0 amide bonds. The number of rotatable bonds is 6. The van der Waals surface area contributed by atoms with Gasteiger partial charge in [-0.2, -0.15) is 8.42 Å². The average Bonchev–Trinajstić information content (AvgIpc) is 2.66. The Balaban J connectivity index is 2.34. The summed E-state index contributed by atoms with van der Waals surface area (Å²) in [5, 5.41) is 2.98. The minimum atomic E-state index is -4.05. The van der Waals surface area contributed by atoms with Gasteiger partial charge >= 0.3 is 11.9 Å². The van der Waals surface area contributed by atoms with Crippen molar-refractivity contribution in [1.82, 2.24) is 5.32 Å². The number of dihydropyridines is 1. The van der Waals surface area contributed by atoms with Crippen LogP contribution in [-0.2, 0) is 33.4 Å².